The summed E-state index contributed by atoms with van der Waals surface area (Å²) in [5.41, 5.74) is 8.72. The lowest BCUT2D eigenvalue weighted by atomic mass is 10.2. The average Bonchev–Trinajstić information content (AvgIpc) is 2.82. The molecule has 2 aromatic rings. The van der Waals surface area contributed by atoms with Crippen molar-refractivity contribution < 1.29 is 9.59 Å². The first-order valence-electron chi connectivity index (χ1n) is 7.73. The minimum atomic E-state index is -0.304. The molecule has 0 aliphatic heterocycles. The predicted molar refractivity (Wildman–Crippen MR) is 91.3 cm³/mol. The van der Waals surface area contributed by atoms with E-state index >= 15 is 0 Å². The summed E-state index contributed by atoms with van der Waals surface area (Å²) in [7, 11) is 1.85. The maximum atomic E-state index is 11.8. The molecule has 0 aliphatic rings. The Kier molecular flexibility index (Phi) is 5.70. The molecule has 0 spiro atoms. The zero-order valence-corrected chi connectivity index (χ0v) is 14.5. The van der Waals surface area contributed by atoms with E-state index in [1.54, 1.807) is 0 Å². The first-order valence-corrected chi connectivity index (χ1v) is 7.73. The van der Waals surface area contributed by atoms with Gasteiger partial charge in [0, 0.05) is 24.7 Å². The summed E-state index contributed by atoms with van der Waals surface area (Å²) in [5, 5.41) is 4.60. The molecule has 7 heteroatoms. The fourth-order valence-electron chi connectivity index (χ4n) is 2.49. The molecule has 2 N–H and O–H groups in total. The number of carbonyl (C=O) groups excluding carboxylic acids is 2. The Morgan fingerprint density at radius 2 is 1.83 bits per heavy atom. The zero-order chi connectivity index (χ0) is 17.7. The van der Waals surface area contributed by atoms with Crippen LogP contribution in [0.5, 0.6) is 0 Å². The predicted octanol–water partition coefficient (Wildman–Crippen LogP) is 1.09. The van der Waals surface area contributed by atoms with Crippen molar-refractivity contribution in [2.45, 2.75) is 27.3 Å². The number of hydrogen-bond acceptors (Lipinski definition) is 4. The molecule has 0 unspecified atom stereocenters. The van der Waals surface area contributed by atoms with E-state index < -0.39 is 0 Å². The number of hydrazine groups is 1. The third-order valence-corrected chi connectivity index (χ3v) is 3.66. The summed E-state index contributed by atoms with van der Waals surface area (Å²) in [6, 6.07) is 9.94. The average molecular weight is 329 g/mol. The van der Waals surface area contributed by atoms with Crippen molar-refractivity contribution in [3.63, 3.8) is 0 Å². The number of rotatable bonds is 5. The van der Waals surface area contributed by atoms with E-state index in [2.05, 4.69) is 16.0 Å². The fraction of sp³-hybridized carbons (Fsp3) is 0.353. The van der Waals surface area contributed by atoms with Crippen LogP contribution in [0.15, 0.2) is 30.3 Å². The largest absolute Gasteiger partial charge is 0.293 e. The molecular formula is C17H23N5O2. The van der Waals surface area contributed by atoms with Gasteiger partial charge in [0.15, 0.2) is 0 Å². The van der Waals surface area contributed by atoms with E-state index in [-0.39, 0.29) is 18.4 Å². The monoisotopic (exact) mass is 329 g/mol. The number of hydrogen-bond donors (Lipinski definition) is 2. The second-order valence-corrected chi connectivity index (χ2v) is 5.80. The van der Waals surface area contributed by atoms with Crippen LogP contribution in [-0.4, -0.2) is 40.1 Å². The number of likely N-dealkylation sites (N-methyl/N-ethyl adjacent to an activating group) is 1. The third-order valence-electron chi connectivity index (χ3n) is 3.66. The first kappa shape index (κ1) is 17.7. The second kappa shape index (κ2) is 7.74. The number of amides is 2. The van der Waals surface area contributed by atoms with Crippen LogP contribution in [0.3, 0.4) is 0 Å². The molecule has 2 amide bonds. The summed E-state index contributed by atoms with van der Waals surface area (Å²) in [5.74, 6) is -0.569. The molecule has 0 saturated carbocycles. The Labute approximate surface area is 141 Å². The maximum Gasteiger partial charge on any atom is 0.252 e. The highest BCUT2D eigenvalue weighted by Crippen LogP contribution is 2.19. The summed E-state index contributed by atoms with van der Waals surface area (Å²) in [4.78, 5) is 24.4. The number of carbonyl (C=O) groups is 2. The summed E-state index contributed by atoms with van der Waals surface area (Å²) in [6.45, 7) is 6.10. The molecule has 0 atom stereocenters. The maximum absolute atomic E-state index is 11.8. The lowest BCUT2D eigenvalue weighted by Gasteiger charge is -2.16. The molecule has 0 saturated heterocycles. The van der Waals surface area contributed by atoms with E-state index in [4.69, 9.17) is 0 Å². The van der Waals surface area contributed by atoms with Gasteiger partial charge in [-0.05, 0) is 33.0 Å². The molecule has 1 heterocycles. The van der Waals surface area contributed by atoms with Crippen molar-refractivity contribution in [1.82, 2.24) is 25.5 Å². The molecule has 0 fully saturated rings. The Bertz CT molecular complexity index is 724. The van der Waals surface area contributed by atoms with Crippen LogP contribution >= 0.6 is 0 Å². The minimum Gasteiger partial charge on any atom is -0.293 e. The number of benzene rings is 1. The van der Waals surface area contributed by atoms with Crippen LogP contribution in [-0.2, 0) is 16.1 Å². The van der Waals surface area contributed by atoms with Gasteiger partial charge in [-0.25, -0.2) is 4.68 Å². The number of para-hydroxylation sites is 1. The number of aromatic nitrogens is 2. The smallest absolute Gasteiger partial charge is 0.252 e. The topological polar surface area (TPSA) is 79.3 Å². The summed E-state index contributed by atoms with van der Waals surface area (Å²) in [6.07, 6.45) is 0. The number of nitrogens with one attached hydrogen (secondary N) is 2. The van der Waals surface area contributed by atoms with E-state index in [0.29, 0.717) is 6.54 Å². The van der Waals surface area contributed by atoms with Crippen LogP contribution in [0.25, 0.3) is 5.69 Å². The molecule has 1 aromatic heterocycles. The SMILES string of the molecule is CC(=O)NNC(=O)CN(C)Cc1c(C)nn(-c2ccccc2)c1C. The van der Waals surface area contributed by atoms with Crippen LogP contribution in [0.4, 0.5) is 0 Å². The van der Waals surface area contributed by atoms with Crippen molar-refractivity contribution in [1.29, 1.82) is 0 Å². The lowest BCUT2D eigenvalue weighted by molar-refractivity contribution is -0.128. The normalized spacial score (nSPS) is 10.7. The number of nitrogens with zero attached hydrogens (tertiary/aromatic N) is 3. The van der Waals surface area contributed by atoms with E-state index in [1.165, 1.54) is 6.92 Å². The van der Waals surface area contributed by atoms with Gasteiger partial charge < -0.3 is 0 Å². The molecule has 0 aliphatic carbocycles. The zero-order valence-electron chi connectivity index (χ0n) is 14.5. The van der Waals surface area contributed by atoms with Crippen LogP contribution < -0.4 is 10.9 Å². The molecular weight excluding hydrogens is 306 g/mol. The van der Waals surface area contributed by atoms with Gasteiger partial charge in [0.05, 0.1) is 17.9 Å². The first-order chi connectivity index (χ1) is 11.4. The molecule has 128 valence electrons. The fourth-order valence-corrected chi connectivity index (χ4v) is 2.49. The highest BCUT2D eigenvalue weighted by Gasteiger charge is 2.15. The van der Waals surface area contributed by atoms with Crippen molar-refractivity contribution in [3.8, 4) is 5.69 Å². The second-order valence-electron chi connectivity index (χ2n) is 5.80. The van der Waals surface area contributed by atoms with Crippen molar-refractivity contribution in [2.75, 3.05) is 13.6 Å². The van der Waals surface area contributed by atoms with Crippen molar-refractivity contribution in [2.24, 2.45) is 0 Å². The standard InChI is InChI=1S/C17H23N5O2/c1-12-16(10-21(4)11-17(24)19-18-14(3)23)13(2)22(20-12)15-8-6-5-7-9-15/h5-9H,10-11H2,1-4H3,(H,18,23)(H,19,24). The van der Waals surface area contributed by atoms with Gasteiger partial charge in [-0.15, -0.1) is 0 Å². The lowest BCUT2D eigenvalue weighted by Crippen LogP contribution is -2.44. The minimum absolute atomic E-state index is 0.176. The summed E-state index contributed by atoms with van der Waals surface area (Å²) >= 11 is 0. The molecule has 1 aromatic carbocycles. The van der Waals surface area contributed by atoms with E-state index in [1.807, 2.05) is 60.8 Å². The van der Waals surface area contributed by atoms with E-state index in [0.717, 1.165) is 22.6 Å². The van der Waals surface area contributed by atoms with Gasteiger partial charge in [0.2, 0.25) is 5.91 Å². The summed E-state index contributed by atoms with van der Waals surface area (Å²) < 4.78 is 1.91. The Morgan fingerprint density at radius 1 is 1.17 bits per heavy atom. The van der Waals surface area contributed by atoms with Gasteiger partial charge in [-0.3, -0.25) is 25.3 Å². The highest BCUT2D eigenvalue weighted by atomic mass is 16.2. The van der Waals surface area contributed by atoms with Crippen LogP contribution in [0.2, 0.25) is 0 Å². The van der Waals surface area contributed by atoms with E-state index in [9.17, 15) is 9.59 Å². The molecule has 2 rings (SSSR count). The van der Waals surface area contributed by atoms with Gasteiger partial charge in [-0.1, -0.05) is 18.2 Å². The molecule has 24 heavy (non-hydrogen) atoms. The number of aryl methyl sites for hydroxylation is 1. The molecule has 0 bridgehead atoms. The Morgan fingerprint density at radius 3 is 2.46 bits per heavy atom. The Hall–Kier alpha value is -2.67. The van der Waals surface area contributed by atoms with Crippen molar-refractivity contribution >= 4 is 11.8 Å². The quantitative estimate of drug-likeness (QED) is 0.805. The van der Waals surface area contributed by atoms with Gasteiger partial charge in [0.1, 0.15) is 0 Å². The molecule has 0 radical (unpaired) electrons. The van der Waals surface area contributed by atoms with Crippen molar-refractivity contribution in [3.05, 3.63) is 47.3 Å². The van der Waals surface area contributed by atoms with Gasteiger partial charge >= 0.3 is 0 Å². The third kappa shape index (κ3) is 4.42. The van der Waals surface area contributed by atoms with Gasteiger partial charge in [-0.2, -0.15) is 5.10 Å². The van der Waals surface area contributed by atoms with Crippen LogP contribution in [0, 0.1) is 13.8 Å². The molecule has 7 nitrogen and oxygen atoms in total. The van der Waals surface area contributed by atoms with Gasteiger partial charge in [0.25, 0.3) is 5.91 Å². The van der Waals surface area contributed by atoms with Crippen LogP contribution in [0.1, 0.15) is 23.9 Å². The highest BCUT2D eigenvalue weighted by molar-refractivity contribution is 5.81. The Balaban J connectivity index is 2.06.